The highest BCUT2D eigenvalue weighted by Crippen LogP contribution is 2.07. The van der Waals surface area contributed by atoms with Gasteiger partial charge in [-0.2, -0.15) is 0 Å². The van der Waals surface area contributed by atoms with Gasteiger partial charge >= 0.3 is 0 Å². The van der Waals surface area contributed by atoms with E-state index in [9.17, 15) is 0 Å². The van der Waals surface area contributed by atoms with Crippen molar-refractivity contribution in [1.82, 2.24) is 5.32 Å². The molecule has 2 rings (SSSR count). The normalized spacial score (nSPS) is 22.4. The summed E-state index contributed by atoms with van der Waals surface area (Å²) in [6.07, 6.45) is 0.226. The molecule has 0 radical (unpaired) electrons. The van der Waals surface area contributed by atoms with Crippen LogP contribution in [0.25, 0.3) is 0 Å². The molecule has 0 amide bonds. The molecule has 0 aromatic carbocycles. The minimum absolute atomic E-state index is 0.226. The SMILES string of the molecule is c1csc(CNCC2COCCO2)c1. The number of hydrogen-bond donors (Lipinski definition) is 1. The minimum Gasteiger partial charge on any atom is -0.376 e. The molecule has 1 aliphatic rings. The van der Waals surface area contributed by atoms with E-state index >= 15 is 0 Å². The highest BCUT2D eigenvalue weighted by molar-refractivity contribution is 7.09. The molecule has 78 valence electrons. The number of nitrogens with one attached hydrogen (secondary N) is 1. The Morgan fingerprint density at radius 1 is 1.50 bits per heavy atom. The van der Waals surface area contributed by atoms with Crippen LogP contribution in [0.3, 0.4) is 0 Å². The molecule has 1 fully saturated rings. The standard InChI is InChI=1S/C10H15NO2S/c1-2-10(14-5-1)7-11-6-9-8-12-3-4-13-9/h1-2,5,9,11H,3-4,6-8H2. The largest absolute Gasteiger partial charge is 0.376 e. The van der Waals surface area contributed by atoms with Crippen molar-refractivity contribution in [3.05, 3.63) is 22.4 Å². The number of ether oxygens (including phenoxy) is 2. The number of rotatable bonds is 4. The van der Waals surface area contributed by atoms with Gasteiger partial charge in [-0.3, -0.25) is 0 Å². The Hall–Kier alpha value is -0.420. The third kappa shape index (κ3) is 3.06. The molecule has 1 aromatic rings. The van der Waals surface area contributed by atoms with E-state index in [1.54, 1.807) is 11.3 Å². The van der Waals surface area contributed by atoms with E-state index in [1.165, 1.54) is 4.88 Å². The van der Waals surface area contributed by atoms with E-state index in [-0.39, 0.29) is 6.10 Å². The lowest BCUT2D eigenvalue weighted by Crippen LogP contribution is -2.37. The van der Waals surface area contributed by atoms with Gasteiger partial charge in [-0.05, 0) is 11.4 Å². The molecular weight excluding hydrogens is 198 g/mol. The average molecular weight is 213 g/mol. The molecule has 1 unspecified atom stereocenters. The van der Waals surface area contributed by atoms with Crippen LogP contribution < -0.4 is 5.32 Å². The average Bonchev–Trinajstić information content (AvgIpc) is 2.72. The Balaban J connectivity index is 1.62. The molecule has 1 aliphatic heterocycles. The van der Waals surface area contributed by atoms with Gasteiger partial charge in [0.2, 0.25) is 0 Å². The fraction of sp³-hybridized carbons (Fsp3) is 0.600. The van der Waals surface area contributed by atoms with E-state index < -0.39 is 0 Å². The monoisotopic (exact) mass is 213 g/mol. The van der Waals surface area contributed by atoms with E-state index in [1.807, 2.05) is 0 Å². The van der Waals surface area contributed by atoms with Crippen LogP contribution >= 0.6 is 11.3 Å². The van der Waals surface area contributed by atoms with Crippen LogP contribution in [-0.4, -0.2) is 32.5 Å². The van der Waals surface area contributed by atoms with Crippen LogP contribution in [-0.2, 0) is 16.0 Å². The molecule has 0 bridgehead atoms. The molecule has 0 saturated carbocycles. The second kappa shape index (κ2) is 5.46. The van der Waals surface area contributed by atoms with Gasteiger partial charge in [0.15, 0.2) is 0 Å². The lowest BCUT2D eigenvalue weighted by Gasteiger charge is -2.22. The molecule has 1 N–H and O–H groups in total. The highest BCUT2D eigenvalue weighted by Gasteiger charge is 2.13. The van der Waals surface area contributed by atoms with Crippen LogP contribution in [0.15, 0.2) is 17.5 Å². The lowest BCUT2D eigenvalue weighted by atomic mass is 10.3. The number of hydrogen-bond acceptors (Lipinski definition) is 4. The molecule has 2 heterocycles. The topological polar surface area (TPSA) is 30.5 Å². The predicted octanol–water partition coefficient (Wildman–Crippen LogP) is 1.25. The molecular formula is C10H15NO2S. The smallest absolute Gasteiger partial charge is 0.0933 e. The van der Waals surface area contributed by atoms with Crippen molar-refractivity contribution >= 4 is 11.3 Å². The van der Waals surface area contributed by atoms with Gasteiger partial charge < -0.3 is 14.8 Å². The van der Waals surface area contributed by atoms with Crippen LogP contribution in [0, 0.1) is 0 Å². The van der Waals surface area contributed by atoms with Gasteiger partial charge in [0.05, 0.1) is 25.9 Å². The van der Waals surface area contributed by atoms with Crippen molar-refractivity contribution in [2.45, 2.75) is 12.6 Å². The maximum Gasteiger partial charge on any atom is 0.0933 e. The summed E-state index contributed by atoms with van der Waals surface area (Å²) in [5, 5.41) is 5.46. The summed E-state index contributed by atoms with van der Waals surface area (Å²) in [5.74, 6) is 0. The van der Waals surface area contributed by atoms with Crippen LogP contribution in [0.4, 0.5) is 0 Å². The van der Waals surface area contributed by atoms with Gasteiger partial charge in [0.1, 0.15) is 0 Å². The molecule has 1 aromatic heterocycles. The first-order chi connectivity index (χ1) is 6.95. The zero-order valence-electron chi connectivity index (χ0n) is 8.07. The summed E-state index contributed by atoms with van der Waals surface area (Å²) >= 11 is 1.77. The predicted molar refractivity (Wildman–Crippen MR) is 56.6 cm³/mol. The zero-order chi connectivity index (χ0) is 9.64. The molecule has 1 atom stereocenters. The molecule has 4 heteroatoms. The molecule has 0 spiro atoms. The molecule has 3 nitrogen and oxygen atoms in total. The Morgan fingerprint density at radius 3 is 3.21 bits per heavy atom. The number of thiophene rings is 1. The van der Waals surface area contributed by atoms with Crippen molar-refractivity contribution in [2.24, 2.45) is 0 Å². The Bertz CT molecular complexity index is 245. The van der Waals surface area contributed by atoms with Crippen molar-refractivity contribution in [1.29, 1.82) is 0 Å². The van der Waals surface area contributed by atoms with E-state index in [0.29, 0.717) is 0 Å². The van der Waals surface area contributed by atoms with Crippen molar-refractivity contribution < 1.29 is 9.47 Å². The third-order valence-electron chi connectivity index (χ3n) is 2.14. The van der Waals surface area contributed by atoms with Gasteiger partial charge in [-0.1, -0.05) is 6.07 Å². The third-order valence-corrected chi connectivity index (χ3v) is 3.01. The van der Waals surface area contributed by atoms with Gasteiger partial charge in [0, 0.05) is 18.0 Å². The fourth-order valence-corrected chi connectivity index (χ4v) is 2.10. The second-order valence-electron chi connectivity index (χ2n) is 3.28. The van der Waals surface area contributed by atoms with Crippen molar-refractivity contribution in [3.8, 4) is 0 Å². The highest BCUT2D eigenvalue weighted by atomic mass is 32.1. The minimum atomic E-state index is 0.226. The lowest BCUT2D eigenvalue weighted by molar-refractivity contribution is -0.0864. The van der Waals surface area contributed by atoms with Crippen LogP contribution in [0.1, 0.15) is 4.88 Å². The van der Waals surface area contributed by atoms with Gasteiger partial charge in [0.25, 0.3) is 0 Å². The summed E-state index contributed by atoms with van der Waals surface area (Å²) in [6.45, 7) is 3.99. The van der Waals surface area contributed by atoms with Crippen LogP contribution in [0.5, 0.6) is 0 Å². The molecule has 14 heavy (non-hydrogen) atoms. The van der Waals surface area contributed by atoms with E-state index in [2.05, 4.69) is 22.8 Å². The summed E-state index contributed by atoms with van der Waals surface area (Å²) in [5.41, 5.74) is 0. The summed E-state index contributed by atoms with van der Waals surface area (Å²) < 4.78 is 10.8. The Morgan fingerprint density at radius 2 is 2.50 bits per heavy atom. The van der Waals surface area contributed by atoms with E-state index in [0.717, 1.165) is 32.9 Å². The summed E-state index contributed by atoms with van der Waals surface area (Å²) in [6, 6.07) is 4.21. The maximum atomic E-state index is 5.51. The van der Waals surface area contributed by atoms with E-state index in [4.69, 9.17) is 9.47 Å². The molecule has 1 saturated heterocycles. The quantitative estimate of drug-likeness (QED) is 0.816. The maximum absolute atomic E-state index is 5.51. The first kappa shape index (κ1) is 10.1. The molecule has 0 aliphatic carbocycles. The van der Waals surface area contributed by atoms with Gasteiger partial charge in [-0.15, -0.1) is 11.3 Å². The summed E-state index contributed by atoms with van der Waals surface area (Å²) in [7, 11) is 0. The first-order valence-corrected chi connectivity index (χ1v) is 5.75. The Kier molecular flexibility index (Phi) is 3.94. The van der Waals surface area contributed by atoms with Gasteiger partial charge in [-0.25, -0.2) is 0 Å². The first-order valence-electron chi connectivity index (χ1n) is 4.87. The second-order valence-corrected chi connectivity index (χ2v) is 4.31. The fourth-order valence-electron chi connectivity index (χ4n) is 1.42. The van der Waals surface area contributed by atoms with Crippen LogP contribution in [0.2, 0.25) is 0 Å². The van der Waals surface area contributed by atoms with Crippen molar-refractivity contribution in [2.75, 3.05) is 26.4 Å². The summed E-state index contributed by atoms with van der Waals surface area (Å²) in [4.78, 5) is 1.36. The Labute approximate surface area is 88.0 Å². The zero-order valence-corrected chi connectivity index (χ0v) is 8.89. The van der Waals surface area contributed by atoms with Crippen molar-refractivity contribution in [3.63, 3.8) is 0 Å².